The number of rotatable bonds is 5. The number of hydrogen-bond acceptors (Lipinski definition) is 8. The highest BCUT2D eigenvalue weighted by atomic mass is 32.1. The van der Waals surface area contributed by atoms with Crippen LogP contribution in [0.25, 0.3) is 0 Å². The van der Waals surface area contributed by atoms with Crippen LogP contribution in [0.15, 0.2) is 32.6 Å². The lowest BCUT2D eigenvalue weighted by Gasteiger charge is -2.30. The summed E-state index contributed by atoms with van der Waals surface area (Å²) in [5, 5.41) is 9.99. The van der Waals surface area contributed by atoms with Gasteiger partial charge in [-0.2, -0.15) is 4.98 Å². The van der Waals surface area contributed by atoms with E-state index in [4.69, 9.17) is 13.8 Å². The van der Waals surface area contributed by atoms with Crippen LogP contribution < -0.4 is 0 Å². The first-order chi connectivity index (χ1) is 13.1. The molecule has 27 heavy (non-hydrogen) atoms. The van der Waals surface area contributed by atoms with E-state index in [0.29, 0.717) is 37.8 Å². The number of carbonyl (C=O) groups excluding carboxylic acids is 1. The van der Waals surface area contributed by atoms with Crippen LogP contribution in [0.3, 0.4) is 0 Å². The van der Waals surface area contributed by atoms with Gasteiger partial charge in [-0.1, -0.05) is 30.2 Å². The molecule has 4 rings (SSSR count). The molecule has 0 aliphatic carbocycles. The lowest BCUT2D eigenvalue weighted by atomic mass is 10.1. The molecule has 9 heteroatoms. The van der Waals surface area contributed by atoms with Crippen molar-refractivity contribution >= 4 is 17.2 Å². The Bertz CT molecular complexity index is 902. The second kappa shape index (κ2) is 7.61. The second-order valence-corrected chi connectivity index (χ2v) is 7.72. The maximum absolute atomic E-state index is 12.7. The Balaban J connectivity index is 1.43. The van der Waals surface area contributed by atoms with Gasteiger partial charge in [0, 0.05) is 23.9 Å². The van der Waals surface area contributed by atoms with Gasteiger partial charge in [0.25, 0.3) is 11.8 Å². The van der Waals surface area contributed by atoms with E-state index in [2.05, 4.69) is 15.3 Å². The van der Waals surface area contributed by atoms with E-state index in [1.807, 2.05) is 31.4 Å². The van der Waals surface area contributed by atoms with E-state index in [1.165, 1.54) is 0 Å². The van der Waals surface area contributed by atoms with Crippen LogP contribution in [0.5, 0.6) is 0 Å². The standard InChI is InChI=1S/C18H20N4O4S/c1-11(2)13-9-14(25-20-13)18(23)22-5-6-24-15(10-22)17-19-16(21-26-17)8-12-4-3-7-27-12/h3-4,7,9,11,15H,5-6,8,10H2,1-2H3. The van der Waals surface area contributed by atoms with Crippen LogP contribution in [-0.4, -0.2) is 45.8 Å². The summed E-state index contributed by atoms with van der Waals surface area (Å²) < 4.78 is 16.3. The summed E-state index contributed by atoms with van der Waals surface area (Å²) in [7, 11) is 0. The molecule has 4 heterocycles. The SMILES string of the molecule is CC(C)c1cc(C(=O)N2CCOC(c3nc(Cc4cccs4)no3)C2)on1. The van der Waals surface area contributed by atoms with Gasteiger partial charge in [-0.05, 0) is 17.4 Å². The molecule has 0 radical (unpaired) electrons. The fraction of sp³-hybridized carbons (Fsp3) is 0.444. The molecule has 0 saturated carbocycles. The number of nitrogens with zero attached hydrogens (tertiary/aromatic N) is 4. The van der Waals surface area contributed by atoms with Gasteiger partial charge >= 0.3 is 0 Å². The zero-order valence-corrected chi connectivity index (χ0v) is 15.9. The van der Waals surface area contributed by atoms with Crippen molar-refractivity contribution in [2.75, 3.05) is 19.7 Å². The molecule has 0 spiro atoms. The number of ether oxygens (including phenoxy) is 1. The average molecular weight is 388 g/mol. The molecule has 3 aromatic heterocycles. The normalized spacial score (nSPS) is 17.6. The first-order valence-electron chi connectivity index (χ1n) is 8.82. The first-order valence-corrected chi connectivity index (χ1v) is 9.70. The summed E-state index contributed by atoms with van der Waals surface area (Å²) in [5.41, 5.74) is 0.762. The maximum Gasteiger partial charge on any atom is 0.292 e. The molecule has 0 N–H and O–H groups in total. The van der Waals surface area contributed by atoms with Gasteiger partial charge in [0.2, 0.25) is 5.76 Å². The monoisotopic (exact) mass is 388 g/mol. The molecule has 1 aliphatic rings. The maximum atomic E-state index is 12.7. The van der Waals surface area contributed by atoms with Gasteiger partial charge in [0.1, 0.15) is 0 Å². The third kappa shape index (κ3) is 3.93. The molecule has 1 unspecified atom stereocenters. The van der Waals surface area contributed by atoms with E-state index >= 15 is 0 Å². The minimum atomic E-state index is -0.445. The van der Waals surface area contributed by atoms with Crippen molar-refractivity contribution in [3.8, 4) is 0 Å². The van der Waals surface area contributed by atoms with E-state index in [9.17, 15) is 4.79 Å². The summed E-state index contributed by atoms with van der Waals surface area (Å²) in [5.74, 6) is 1.23. The van der Waals surface area contributed by atoms with Gasteiger partial charge in [-0.25, -0.2) is 0 Å². The molecule has 1 amide bonds. The zero-order valence-electron chi connectivity index (χ0n) is 15.1. The highest BCUT2D eigenvalue weighted by Gasteiger charge is 2.31. The molecular formula is C18H20N4O4S. The lowest BCUT2D eigenvalue weighted by molar-refractivity contribution is -0.0376. The largest absolute Gasteiger partial charge is 0.365 e. The quantitative estimate of drug-likeness (QED) is 0.663. The summed E-state index contributed by atoms with van der Waals surface area (Å²) in [6.07, 6.45) is 0.173. The van der Waals surface area contributed by atoms with Gasteiger partial charge in [0.05, 0.1) is 18.8 Å². The van der Waals surface area contributed by atoms with Crippen molar-refractivity contribution in [3.05, 3.63) is 51.6 Å². The third-order valence-electron chi connectivity index (χ3n) is 4.36. The molecule has 1 aliphatic heterocycles. The predicted molar refractivity (Wildman–Crippen MR) is 96.6 cm³/mol. The smallest absolute Gasteiger partial charge is 0.292 e. The lowest BCUT2D eigenvalue weighted by Crippen LogP contribution is -2.42. The average Bonchev–Trinajstić information content (AvgIpc) is 3.43. The molecule has 3 aromatic rings. The minimum Gasteiger partial charge on any atom is -0.365 e. The number of morpholine rings is 1. The molecular weight excluding hydrogens is 368 g/mol. The highest BCUT2D eigenvalue weighted by Crippen LogP contribution is 2.24. The first kappa shape index (κ1) is 17.9. The predicted octanol–water partition coefficient (Wildman–Crippen LogP) is 3.05. The Kier molecular flexibility index (Phi) is 5.04. The molecule has 0 bridgehead atoms. The van der Waals surface area contributed by atoms with Gasteiger partial charge in [0.15, 0.2) is 11.9 Å². The fourth-order valence-corrected chi connectivity index (χ4v) is 3.54. The second-order valence-electron chi connectivity index (χ2n) is 6.69. The number of amides is 1. The van der Waals surface area contributed by atoms with Gasteiger partial charge in [-0.3, -0.25) is 4.79 Å². The Morgan fingerprint density at radius 2 is 2.26 bits per heavy atom. The molecule has 1 fully saturated rings. The molecule has 142 valence electrons. The third-order valence-corrected chi connectivity index (χ3v) is 5.23. The van der Waals surface area contributed by atoms with Crippen molar-refractivity contribution in [3.63, 3.8) is 0 Å². The van der Waals surface area contributed by atoms with Crippen LogP contribution >= 0.6 is 11.3 Å². The van der Waals surface area contributed by atoms with Crippen LogP contribution in [0, 0.1) is 0 Å². The summed E-state index contributed by atoms with van der Waals surface area (Å²) >= 11 is 1.65. The molecule has 1 atom stereocenters. The molecule has 1 saturated heterocycles. The van der Waals surface area contributed by atoms with E-state index in [0.717, 1.165) is 10.6 Å². The van der Waals surface area contributed by atoms with Crippen LogP contribution in [-0.2, 0) is 11.2 Å². The molecule has 8 nitrogen and oxygen atoms in total. The number of aromatic nitrogens is 3. The van der Waals surface area contributed by atoms with Gasteiger partial charge < -0.3 is 18.7 Å². The van der Waals surface area contributed by atoms with Crippen LogP contribution in [0.1, 0.15) is 58.7 Å². The number of thiophene rings is 1. The van der Waals surface area contributed by atoms with Crippen molar-refractivity contribution in [2.45, 2.75) is 32.3 Å². The zero-order chi connectivity index (χ0) is 18.8. The number of carbonyl (C=O) groups is 1. The fourth-order valence-electron chi connectivity index (χ4n) is 2.84. The van der Waals surface area contributed by atoms with E-state index < -0.39 is 6.10 Å². The van der Waals surface area contributed by atoms with Crippen LogP contribution in [0.4, 0.5) is 0 Å². The minimum absolute atomic E-state index is 0.202. The van der Waals surface area contributed by atoms with Crippen molar-refractivity contribution in [1.82, 2.24) is 20.2 Å². The molecule has 0 aromatic carbocycles. The van der Waals surface area contributed by atoms with Crippen molar-refractivity contribution in [2.24, 2.45) is 0 Å². The Morgan fingerprint density at radius 1 is 1.37 bits per heavy atom. The summed E-state index contributed by atoms with van der Waals surface area (Å²) in [6, 6.07) is 5.72. The number of hydrogen-bond donors (Lipinski definition) is 0. The van der Waals surface area contributed by atoms with E-state index in [-0.39, 0.29) is 17.6 Å². The van der Waals surface area contributed by atoms with Gasteiger partial charge in [-0.15, -0.1) is 11.3 Å². The van der Waals surface area contributed by atoms with Crippen LogP contribution in [0.2, 0.25) is 0 Å². The Morgan fingerprint density at radius 3 is 3.00 bits per heavy atom. The topological polar surface area (TPSA) is 94.5 Å². The summed E-state index contributed by atoms with van der Waals surface area (Å²) in [6.45, 7) is 5.20. The highest BCUT2D eigenvalue weighted by molar-refractivity contribution is 7.09. The van der Waals surface area contributed by atoms with E-state index in [1.54, 1.807) is 22.3 Å². The summed E-state index contributed by atoms with van der Waals surface area (Å²) in [4.78, 5) is 20.0. The Labute approximate surface area is 160 Å². The van der Waals surface area contributed by atoms with Crippen molar-refractivity contribution in [1.29, 1.82) is 0 Å². The Hall–Kier alpha value is -2.52. The van der Waals surface area contributed by atoms with Crippen molar-refractivity contribution < 1.29 is 18.6 Å².